The van der Waals surface area contributed by atoms with Gasteiger partial charge >= 0.3 is 17.9 Å². The normalized spacial score (nSPS) is 48.8. The summed E-state index contributed by atoms with van der Waals surface area (Å²) in [6, 6.07) is 0. The van der Waals surface area contributed by atoms with Crippen molar-refractivity contribution in [1.29, 1.82) is 0 Å². The van der Waals surface area contributed by atoms with Crippen molar-refractivity contribution in [3.8, 4) is 0 Å². The number of carbonyl (C=O) groups is 4. The Morgan fingerprint density at radius 2 is 1.83 bits per heavy atom. The Morgan fingerprint density at radius 3 is 2.49 bits per heavy atom. The van der Waals surface area contributed by atoms with Gasteiger partial charge in [0.15, 0.2) is 0 Å². The molecule has 2 saturated carbocycles. The Bertz CT molecular complexity index is 1020. The monoisotopic (exact) mass is 488 g/mol. The molecule has 8 heteroatoms. The van der Waals surface area contributed by atoms with Crippen molar-refractivity contribution in [3.63, 3.8) is 0 Å². The first-order valence-electron chi connectivity index (χ1n) is 12.7. The molecule has 4 fully saturated rings. The average molecular weight is 489 g/mol. The molecular formula is C27H36O8. The third-order valence-corrected chi connectivity index (χ3v) is 10.5. The van der Waals surface area contributed by atoms with Crippen LogP contribution in [0, 0.1) is 39.9 Å². The van der Waals surface area contributed by atoms with E-state index in [0.29, 0.717) is 19.3 Å². The van der Waals surface area contributed by atoms with Crippen LogP contribution in [0.5, 0.6) is 0 Å². The summed E-state index contributed by atoms with van der Waals surface area (Å²) in [6.45, 7) is 9.24. The molecule has 192 valence electrons. The lowest BCUT2D eigenvalue weighted by atomic mass is 9.36. The number of aliphatic hydroxyl groups is 1. The standard InChI is InChI=1S/C27H36O8/c1-13-6-7-19(30)26(4)16(13)9-20-27(5)18(10-22(32)34-20)25(3,11-17(23(26)27)33-14(2)29)24-15(12-28)8-21(31)35-24/h6,15-18,20,23-24,28H,7-12H2,1-5H3. The minimum atomic E-state index is -0.781. The highest BCUT2D eigenvalue weighted by atomic mass is 16.6. The first kappa shape index (κ1) is 24.5. The van der Waals surface area contributed by atoms with Gasteiger partial charge in [-0.15, -0.1) is 0 Å². The highest BCUT2D eigenvalue weighted by molar-refractivity contribution is 5.89. The number of carbonyl (C=O) groups excluding carboxylic acids is 4. The van der Waals surface area contributed by atoms with E-state index < -0.39 is 46.4 Å². The molecule has 0 bridgehead atoms. The van der Waals surface area contributed by atoms with Crippen LogP contribution in [0.25, 0.3) is 0 Å². The maximum absolute atomic E-state index is 13.7. The van der Waals surface area contributed by atoms with Crippen molar-refractivity contribution in [2.75, 3.05) is 6.61 Å². The summed E-state index contributed by atoms with van der Waals surface area (Å²) in [6.07, 6.45) is 1.69. The predicted molar refractivity (Wildman–Crippen MR) is 123 cm³/mol. The fourth-order valence-electron chi connectivity index (χ4n) is 9.13. The summed E-state index contributed by atoms with van der Waals surface area (Å²) >= 11 is 0. The molecule has 5 aliphatic rings. The van der Waals surface area contributed by atoms with Crippen LogP contribution in [0.3, 0.4) is 0 Å². The maximum Gasteiger partial charge on any atom is 0.306 e. The van der Waals surface area contributed by atoms with Crippen LogP contribution in [-0.2, 0) is 33.4 Å². The molecule has 0 aromatic heterocycles. The van der Waals surface area contributed by atoms with Gasteiger partial charge in [0.2, 0.25) is 0 Å². The number of Topliss-reactive ketones (excluding diaryl/α,β-unsaturated/α-hetero) is 1. The van der Waals surface area contributed by atoms with E-state index in [1.54, 1.807) is 0 Å². The average Bonchev–Trinajstić information content (AvgIpc) is 3.16. The van der Waals surface area contributed by atoms with Crippen molar-refractivity contribution < 1.29 is 38.5 Å². The lowest BCUT2D eigenvalue weighted by Crippen LogP contribution is -2.73. The number of esters is 3. The number of rotatable bonds is 3. The molecule has 0 aromatic carbocycles. The van der Waals surface area contributed by atoms with E-state index >= 15 is 0 Å². The predicted octanol–water partition coefficient (Wildman–Crippen LogP) is 2.75. The van der Waals surface area contributed by atoms with E-state index in [1.807, 2.05) is 26.8 Å². The Morgan fingerprint density at radius 1 is 1.14 bits per heavy atom. The lowest BCUT2D eigenvalue weighted by Gasteiger charge is -2.70. The van der Waals surface area contributed by atoms with Gasteiger partial charge in [0.1, 0.15) is 24.1 Å². The number of ketones is 1. The van der Waals surface area contributed by atoms with Gasteiger partial charge < -0.3 is 19.3 Å². The summed E-state index contributed by atoms with van der Waals surface area (Å²) in [5, 5.41) is 10.1. The van der Waals surface area contributed by atoms with Crippen LogP contribution >= 0.6 is 0 Å². The van der Waals surface area contributed by atoms with E-state index in [0.717, 1.165) is 5.57 Å². The highest BCUT2D eigenvalue weighted by Crippen LogP contribution is 2.71. The number of ether oxygens (including phenoxy) is 3. The molecule has 0 aromatic rings. The first-order chi connectivity index (χ1) is 16.4. The smallest absolute Gasteiger partial charge is 0.306 e. The van der Waals surface area contributed by atoms with Crippen LogP contribution in [0.4, 0.5) is 0 Å². The van der Waals surface area contributed by atoms with Crippen molar-refractivity contribution in [3.05, 3.63) is 11.6 Å². The molecule has 35 heavy (non-hydrogen) atoms. The molecule has 0 amide bonds. The number of cyclic esters (lactones) is 1. The van der Waals surface area contributed by atoms with E-state index in [9.17, 15) is 24.3 Å². The zero-order chi connectivity index (χ0) is 25.5. The molecule has 0 spiro atoms. The van der Waals surface area contributed by atoms with Crippen LogP contribution in [0.1, 0.15) is 66.7 Å². The zero-order valence-corrected chi connectivity index (χ0v) is 21.2. The number of hydrogen-bond donors (Lipinski definition) is 1. The summed E-state index contributed by atoms with van der Waals surface area (Å²) < 4.78 is 17.8. The molecule has 5 rings (SSSR count). The second-order valence-corrected chi connectivity index (χ2v) is 12.1. The van der Waals surface area contributed by atoms with Crippen molar-refractivity contribution in [2.24, 2.45) is 39.9 Å². The molecule has 8 nitrogen and oxygen atoms in total. The molecule has 1 N–H and O–H groups in total. The summed E-state index contributed by atoms with van der Waals surface area (Å²) in [5.74, 6) is -2.16. The van der Waals surface area contributed by atoms with Crippen LogP contribution in [0.15, 0.2) is 11.6 Å². The van der Waals surface area contributed by atoms with Crippen LogP contribution in [0.2, 0.25) is 0 Å². The van der Waals surface area contributed by atoms with E-state index in [1.165, 1.54) is 6.92 Å². The summed E-state index contributed by atoms with van der Waals surface area (Å²) in [7, 11) is 0. The molecular weight excluding hydrogens is 452 g/mol. The molecule has 3 aliphatic carbocycles. The number of allylic oxidation sites excluding steroid dienone is 2. The van der Waals surface area contributed by atoms with Crippen LogP contribution in [-0.4, -0.2) is 53.7 Å². The molecule has 10 unspecified atom stereocenters. The first-order valence-corrected chi connectivity index (χ1v) is 12.7. The van der Waals surface area contributed by atoms with Crippen molar-refractivity contribution >= 4 is 23.7 Å². The van der Waals surface area contributed by atoms with Gasteiger partial charge in [-0.3, -0.25) is 19.2 Å². The minimum absolute atomic E-state index is 0.109. The van der Waals surface area contributed by atoms with Crippen LogP contribution < -0.4 is 0 Å². The van der Waals surface area contributed by atoms with Gasteiger partial charge in [0.25, 0.3) is 0 Å². The number of hydrogen-bond acceptors (Lipinski definition) is 8. The van der Waals surface area contributed by atoms with Gasteiger partial charge in [-0.2, -0.15) is 0 Å². The van der Waals surface area contributed by atoms with Gasteiger partial charge in [-0.25, -0.2) is 0 Å². The SMILES string of the molecule is CC(=O)OC1CC(C)(C2OC(=O)CC2CO)C2CC(=O)OC3CC4C(C)=CCC(=O)C4(C)C1C32C. The van der Waals surface area contributed by atoms with E-state index in [4.69, 9.17) is 14.2 Å². The lowest BCUT2D eigenvalue weighted by molar-refractivity contribution is -0.281. The zero-order valence-electron chi connectivity index (χ0n) is 21.2. The van der Waals surface area contributed by atoms with Gasteiger partial charge in [-0.1, -0.05) is 32.4 Å². The van der Waals surface area contributed by atoms with E-state index in [-0.39, 0.29) is 54.9 Å². The molecule has 10 atom stereocenters. The third-order valence-electron chi connectivity index (χ3n) is 10.5. The number of fused-ring (bicyclic) bond motifs is 2. The van der Waals surface area contributed by atoms with Crippen molar-refractivity contribution in [2.45, 2.75) is 85.0 Å². The number of aliphatic hydroxyl groups excluding tert-OH is 1. The minimum Gasteiger partial charge on any atom is -0.462 e. The second-order valence-electron chi connectivity index (χ2n) is 12.1. The topological polar surface area (TPSA) is 116 Å². The Hall–Kier alpha value is -2.22. The molecule has 2 saturated heterocycles. The largest absolute Gasteiger partial charge is 0.462 e. The molecule has 0 radical (unpaired) electrons. The fraction of sp³-hybridized carbons (Fsp3) is 0.778. The summed E-state index contributed by atoms with van der Waals surface area (Å²) in [4.78, 5) is 51.3. The maximum atomic E-state index is 13.7. The second kappa shape index (κ2) is 7.89. The van der Waals surface area contributed by atoms with Gasteiger partial charge in [0, 0.05) is 47.8 Å². The third kappa shape index (κ3) is 3.20. The van der Waals surface area contributed by atoms with Gasteiger partial charge in [-0.05, 0) is 31.6 Å². The van der Waals surface area contributed by atoms with Crippen molar-refractivity contribution in [1.82, 2.24) is 0 Å². The Balaban J connectivity index is 1.71. The van der Waals surface area contributed by atoms with Gasteiger partial charge in [0.05, 0.1) is 13.0 Å². The Labute approximate surface area is 205 Å². The molecule has 2 heterocycles. The quantitative estimate of drug-likeness (QED) is 0.366. The van der Waals surface area contributed by atoms with E-state index in [2.05, 4.69) is 6.92 Å². The fourth-order valence-corrected chi connectivity index (χ4v) is 9.13. The molecule has 2 aliphatic heterocycles. The highest BCUT2D eigenvalue weighted by Gasteiger charge is 2.75. The Kier molecular flexibility index (Phi) is 5.52. The summed E-state index contributed by atoms with van der Waals surface area (Å²) in [5.41, 5.74) is -1.12.